The van der Waals surface area contributed by atoms with Crippen molar-refractivity contribution < 1.29 is 9.15 Å². The van der Waals surface area contributed by atoms with E-state index in [1.165, 1.54) is 65.2 Å². The van der Waals surface area contributed by atoms with E-state index in [1.54, 1.807) is 0 Å². The summed E-state index contributed by atoms with van der Waals surface area (Å²) in [6.07, 6.45) is 0. The molecular formula is C48H26O2. The second-order valence-corrected chi connectivity index (χ2v) is 13.6. The van der Waals surface area contributed by atoms with Gasteiger partial charge in [-0.1, -0.05) is 127 Å². The summed E-state index contributed by atoms with van der Waals surface area (Å²) in [5.74, 6) is 1.76. The third-order valence-corrected chi connectivity index (χ3v) is 11.0. The van der Waals surface area contributed by atoms with Crippen LogP contribution in [0.15, 0.2) is 162 Å². The Balaban J connectivity index is 1.15. The van der Waals surface area contributed by atoms with E-state index in [-0.39, 0.29) is 0 Å². The van der Waals surface area contributed by atoms with Crippen molar-refractivity contribution in [2.45, 2.75) is 0 Å². The molecule has 0 saturated heterocycles. The van der Waals surface area contributed by atoms with Crippen LogP contribution in [0.4, 0.5) is 0 Å². The largest absolute Gasteiger partial charge is 0.456 e. The summed E-state index contributed by atoms with van der Waals surface area (Å²) in [5, 5.41) is 14.6. The number of benzene rings is 10. The lowest BCUT2D eigenvalue weighted by molar-refractivity contribution is 0.487. The molecule has 0 spiro atoms. The summed E-state index contributed by atoms with van der Waals surface area (Å²) in [5.41, 5.74) is 8.60. The minimum atomic E-state index is 0.860. The first-order valence-corrected chi connectivity index (χ1v) is 17.2. The molecule has 2 nitrogen and oxygen atoms in total. The molecule has 0 atom stereocenters. The van der Waals surface area contributed by atoms with Gasteiger partial charge < -0.3 is 9.15 Å². The molecule has 0 N–H and O–H groups in total. The number of rotatable bonds is 2. The Hall–Kier alpha value is -6.64. The topological polar surface area (TPSA) is 22.4 Å². The summed E-state index contributed by atoms with van der Waals surface area (Å²) < 4.78 is 13.7. The summed E-state index contributed by atoms with van der Waals surface area (Å²) in [6.45, 7) is 0. The van der Waals surface area contributed by atoms with Crippen LogP contribution in [0, 0.1) is 0 Å². The van der Waals surface area contributed by atoms with E-state index >= 15 is 0 Å². The zero-order valence-electron chi connectivity index (χ0n) is 26.8. The van der Waals surface area contributed by atoms with Crippen molar-refractivity contribution in [3.05, 3.63) is 158 Å². The predicted octanol–water partition coefficient (Wildman–Crippen LogP) is 13.9. The third kappa shape index (κ3) is 3.42. The van der Waals surface area contributed by atoms with Crippen molar-refractivity contribution in [2.24, 2.45) is 0 Å². The fraction of sp³-hybridized carbons (Fsp3) is 0. The van der Waals surface area contributed by atoms with Gasteiger partial charge in [0.2, 0.25) is 0 Å². The summed E-state index contributed by atoms with van der Waals surface area (Å²) >= 11 is 0. The van der Waals surface area contributed by atoms with Crippen LogP contribution in [-0.2, 0) is 0 Å². The molecule has 0 saturated carbocycles. The molecular weight excluding hydrogens is 609 g/mol. The normalized spacial score (nSPS) is 12.6. The molecule has 2 heterocycles. The lowest BCUT2D eigenvalue weighted by Gasteiger charge is -2.22. The van der Waals surface area contributed by atoms with E-state index in [9.17, 15) is 0 Å². The van der Waals surface area contributed by atoms with Gasteiger partial charge in [-0.05, 0) is 95.7 Å². The highest BCUT2D eigenvalue weighted by molar-refractivity contribution is 6.28. The first kappa shape index (κ1) is 26.3. The Morgan fingerprint density at radius 1 is 0.300 bits per heavy atom. The van der Waals surface area contributed by atoms with E-state index < -0.39 is 0 Å². The van der Waals surface area contributed by atoms with E-state index in [1.807, 2.05) is 0 Å². The molecule has 11 aromatic rings. The molecule has 0 fully saturated rings. The zero-order valence-corrected chi connectivity index (χ0v) is 26.8. The van der Waals surface area contributed by atoms with Gasteiger partial charge in [0.25, 0.3) is 0 Å². The summed E-state index contributed by atoms with van der Waals surface area (Å²) in [7, 11) is 0. The molecule has 2 heteroatoms. The van der Waals surface area contributed by atoms with Crippen LogP contribution in [0.2, 0.25) is 0 Å². The monoisotopic (exact) mass is 634 g/mol. The highest BCUT2D eigenvalue weighted by Crippen LogP contribution is 2.50. The van der Waals surface area contributed by atoms with Crippen molar-refractivity contribution in [3.63, 3.8) is 0 Å². The predicted molar refractivity (Wildman–Crippen MR) is 209 cm³/mol. The average molecular weight is 635 g/mol. The molecule has 1 aliphatic rings. The molecule has 0 amide bonds. The highest BCUT2D eigenvalue weighted by atomic mass is 16.5. The Bertz CT molecular complexity index is 3210. The first-order valence-electron chi connectivity index (χ1n) is 17.2. The zero-order chi connectivity index (χ0) is 32.5. The lowest BCUT2D eigenvalue weighted by atomic mass is 9.87. The van der Waals surface area contributed by atoms with Crippen LogP contribution in [0.1, 0.15) is 0 Å². The number of hydrogen-bond acceptors (Lipinski definition) is 2. The van der Waals surface area contributed by atoms with E-state index in [4.69, 9.17) is 9.15 Å². The number of ether oxygens (including phenoxy) is 1. The maximum absolute atomic E-state index is 7.04. The molecule has 0 aliphatic carbocycles. The minimum absolute atomic E-state index is 0.860. The molecule has 0 radical (unpaired) electrons. The molecule has 1 aromatic heterocycles. The SMILES string of the molecule is c1cc2c3c(cccc3c1)-c1ccc(-c3ccc(-c4ccc5ccc6cccc7ccc4c5c67)c4c3oc3c5ccccc5ccc34)cc1O2. The number of hydrogen-bond donors (Lipinski definition) is 0. The van der Waals surface area contributed by atoms with Crippen LogP contribution in [-0.4, -0.2) is 0 Å². The van der Waals surface area contributed by atoms with Crippen LogP contribution < -0.4 is 4.74 Å². The van der Waals surface area contributed by atoms with E-state index in [2.05, 4.69) is 158 Å². The Morgan fingerprint density at radius 2 is 0.920 bits per heavy atom. The summed E-state index contributed by atoms with van der Waals surface area (Å²) in [6, 6.07) is 57.1. The fourth-order valence-electron chi connectivity index (χ4n) is 8.76. The van der Waals surface area contributed by atoms with Crippen LogP contribution >= 0.6 is 0 Å². The van der Waals surface area contributed by atoms with Gasteiger partial charge in [0.05, 0.1) is 0 Å². The molecule has 12 rings (SSSR count). The Morgan fingerprint density at radius 3 is 1.82 bits per heavy atom. The van der Waals surface area contributed by atoms with Gasteiger partial charge in [0, 0.05) is 32.7 Å². The van der Waals surface area contributed by atoms with E-state index in [0.29, 0.717) is 0 Å². The lowest BCUT2D eigenvalue weighted by Crippen LogP contribution is -1.97. The van der Waals surface area contributed by atoms with Crippen molar-refractivity contribution in [1.29, 1.82) is 0 Å². The molecule has 0 bridgehead atoms. The second-order valence-electron chi connectivity index (χ2n) is 13.6. The quantitative estimate of drug-likeness (QED) is 0.177. The maximum atomic E-state index is 7.04. The second kappa shape index (κ2) is 9.49. The first-order chi connectivity index (χ1) is 24.8. The van der Waals surface area contributed by atoms with Gasteiger partial charge in [0.1, 0.15) is 22.7 Å². The van der Waals surface area contributed by atoms with Gasteiger partial charge in [-0.25, -0.2) is 0 Å². The minimum Gasteiger partial charge on any atom is -0.456 e. The van der Waals surface area contributed by atoms with Gasteiger partial charge in [0.15, 0.2) is 0 Å². The number of furan rings is 1. The van der Waals surface area contributed by atoms with Gasteiger partial charge in [-0.2, -0.15) is 0 Å². The molecule has 10 aromatic carbocycles. The van der Waals surface area contributed by atoms with Crippen LogP contribution in [0.5, 0.6) is 11.5 Å². The third-order valence-electron chi connectivity index (χ3n) is 11.0. The Labute approximate surface area is 286 Å². The average Bonchev–Trinajstić information content (AvgIpc) is 3.57. The van der Waals surface area contributed by atoms with Crippen LogP contribution in [0.25, 0.3) is 109 Å². The van der Waals surface area contributed by atoms with Crippen molar-refractivity contribution in [2.75, 3.05) is 0 Å². The summed E-state index contributed by atoms with van der Waals surface area (Å²) in [4.78, 5) is 0. The standard InChI is InChI=1S/C48H26O2/c1-2-11-33-27(6-1)16-23-40-46-39(35-20-17-31-15-14-29-7-3-8-30-18-22-38(35)45(31)43(29)30)25-24-34(48(46)50-47(33)40)32-19-21-36-37-12-4-9-28-10-5-13-41(44(28)37)49-42(36)26-32/h1-26H. The van der Waals surface area contributed by atoms with Gasteiger partial charge in [-0.15, -0.1) is 0 Å². The number of fused-ring (bicyclic) bond motifs is 7. The fourth-order valence-corrected chi connectivity index (χ4v) is 8.76. The smallest absolute Gasteiger partial charge is 0.143 e. The van der Waals surface area contributed by atoms with E-state index in [0.717, 1.165) is 55.5 Å². The molecule has 0 unspecified atom stereocenters. The van der Waals surface area contributed by atoms with Crippen molar-refractivity contribution in [1.82, 2.24) is 0 Å². The maximum Gasteiger partial charge on any atom is 0.143 e. The molecule has 1 aliphatic heterocycles. The molecule has 50 heavy (non-hydrogen) atoms. The van der Waals surface area contributed by atoms with Gasteiger partial charge >= 0.3 is 0 Å². The van der Waals surface area contributed by atoms with Gasteiger partial charge in [-0.3, -0.25) is 0 Å². The highest BCUT2D eigenvalue weighted by Gasteiger charge is 2.24. The molecule has 230 valence electrons. The van der Waals surface area contributed by atoms with Crippen molar-refractivity contribution in [3.8, 4) is 44.9 Å². The Kier molecular flexibility index (Phi) is 5.00. The van der Waals surface area contributed by atoms with Crippen molar-refractivity contribution >= 4 is 75.8 Å². The van der Waals surface area contributed by atoms with Crippen LogP contribution in [0.3, 0.4) is 0 Å².